The van der Waals surface area contributed by atoms with E-state index in [2.05, 4.69) is 23.7 Å². The summed E-state index contributed by atoms with van der Waals surface area (Å²) in [6.45, 7) is 9.85. The number of carbonyl (C=O) groups excluding carboxylic acids is 1. The molecule has 0 bridgehead atoms. The summed E-state index contributed by atoms with van der Waals surface area (Å²) >= 11 is 0. The molecule has 2 aliphatic heterocycles. The van der Waals surface area contributed by atoms with Crippen molar-refractivity contribution < 1.29 is 9.53 Å². The third-order valence-electron chi connectivity index (χ3n) is 4.93. The highest BCUT2D eigenvalue weighted by atomic mass is 16.5. The Morgan fingerprint density at radius 3 is 2.72 bits per heavy atom. The van der Waals surface area contributed by atoms with Crippen LogP contribution in [0.2, 0.25) is 0 Å². The molecule has 1 amide bonds. The Bertz CT molecular complexity index is 593. The van der Waals surface area contributed by atoms with Gasteiger partial charge in [-0.3, -0.25) is 4.79 Å². The maximum Gasteiger partial charge on any atom is 0.242 e. The molecule has 138 valence electrons. The van der Waals surface area contributed by atoms with E-state index < -0.39 is 0 Å². The highest BCUT2D eigenvalue weighted by Gasteiger charge is 2.25. The number of anilines is 1. The van der Waals surface area contributed by atoms with Crippen molar-refractivity contribution in [2.24, 2.45) is 0 Å². The van der Waals surface area contributed by atoms with E-state index in [9.17, 15) is 4.79 Å². The summed E-state index contributed by atoms with van der Waals surface area (Å²) in [4.78, 5) is 26.1. The molecule has 1 aromatic heterocycles. The second-order valence-electron chi connectivity index (χ2n) is 7.48. The van der Waals surface area contributed by atoms with Gasteiger partial charge in [0.1, 0.15) is 11.6 Å². The summed E-state index contributed by atoms with van der Waals surface area (Å²) in [7, 11) is 0. The van der Waals surface area contributed by atoms with E-state index in [1.807, 2.05) is 17.9 Å². The highest BCUT2D eigenvalue weighted by molar-refractivity contribution is 5.81. The smallest absolute Gasteiger partial charge is 0.242 e. The third-order valence-corrected chi connectivity index (χ3v) is 4.93. The molecule has 0 saturated carbocycles. The van der Waals surface area contributed by atoms with Gasteiger partial charge in [0.05, 0.1) is 12.6 Å². The van der Waals surface area contributed by atoms with Crippen molar-refractivity contribution in [3.63, 3.8) is 0 Å². The van der Waals surface area contributed by atoms with Crippen LogP contribution in [0.15, 0.2) is 6.07 Å². The highest BCUT2D eigenvalue weighted by Crippen LogP contribution is 2.21. The number of nitrogens with zero attached hydrogens (tertiary/aromatic N) is 4. The molecule has 6 heteroatoms. The van der Waals surface area contributed by atoms with Gasteiger partial charge < -0.3 is 14.5 Å². The molecule has 3 heterocycles. The maximum atomic E-state index is 12.7. The predicted molar refractivity (Wildman–Crippen MR) is 97.9 cm³/mol. The van der Waals surface area contributed by atoms with Gasteiger partial charge in [0.2, 0.25) is 5.91 Å². The number of amides is 1. The van der Waals surface area contributed by atoms with Crippen LogP contribution >= 0.6 is 0 Å². The monoisotopic (exact) mass is 346 g/mol. The van der Waals surface area contributed by atoms with Crippen molar-refractivity contribution in [2.75, 3.05) is 37.7 Å². The van der Waals surface area contributed by atoms with E-state index in [-0.39, 0.29) is 17.9 Å². The first kappa shape index (κ1) is 18.1. The second kappa shape index (κ2) is 8.13. The SMILES string of the molecule is Cc1cc(N(CC(=O)N2CCCC2)CC2CCCO2)nc(C(C)C)n1. The molecule has 2 aliphatic rings. The largest absolute Gasteiger partial charge is 0.376 e. The number of likely N-dealkylation sites (tertiary alicyclic amines) is 1. The van der Waals surface area contributed by atoms with Gasteiger partial charge in [0.15, 0.2) is 0 Å². The minimum absolute atomic E-state index is 0.184. The molecule has 0 aromatic carbocycles. The number of hydrogen-bond donors (Lipinski definition) is 0. The van der Waals surface area contributed by atoms with Crippen LogP contribution in [0.4, 0.5) is 5.82 Å². The lowest BCUT2D eigenvalue weighted by molar-refractivity contribution is -0.128. The molecule has 1 atom stereocenters. The first-order valence-corrected chi connectivity index (χ1v) is 9.53. The molecule has 1 aromatic rings. The van der Waals surface area contributed by atoms with Crippen LogP contribution in [-0.4, -0.2) is 59.7 Å². The van der Waals surface area contributed by atoms with E-state index in [1.165, 1.54) is 0 Å². The number of aromatic nitrogens is 2. The summed E-state index contributed by atoms with van der Waals surface area (Å²) < 4.78 is 5.81. The van der Waals surface area contributed by atoms with Crippen molar-refractivity contribution in [1.82, 2.24) is 14.9 Å². The van der Waals surface area contributed by atoms with Gasteiger partial charge in [-0.25, -0.2) is 9.97 Å². The normalized spacial score (nSPS) is 20.5. The fourth-order valence-electron chi connectivity index (χ4n) is 3.50. The van der Waals surface area contributed by atoms with Gasteiger partial charge in [-0.15, -0.1) is 0 Å². The standard InChI is InChI=1S/C19H30N4O2/c1-14(2)19-20-15(3)11-17(21-19)23(12-16-7-6-10-25-16)13-18(24)22-8-4-5-9-22/h11,14,16H,4-10,12-13H2,1-3H3. The van der Waals surface area contributed by atoms with Crippen LogP contribution < -0.4 is 4.90 Å². The quantitative estimate of drug-likeness (QED) is 0.792. The molecule has 0 spiro atoms. The summed E-state index contributed by atoms with van der Waals surface area (Å²) in [6.07, 6.45) is 4.56. The van der Waals surface area contributed by atoms with Crippen molar-refractivity contribution in [3.05, 3.63) is 17.6 Å². The Morgan fingerprint density at radius 2 is 2.08 bits per heavy atom. The molecule has 2 fully saturated rings. The molecule has 0 radical (unpaired) electrons. The number of aryl methyl sites for hydroxylation is 1. The van der Waals surface area contributed by atoms with Crippen LogP contribution in [0.3, 0.4) is 0 Å². The Morgan fingerprint density at radius 1 is 1.32 bits per heavy atom. The number of rotatable bonds is 6. The van der Waals surface area contributed by atoms with Gasteiger partial charge in [0.25, 0.3) is 0 Å². The van der Waals surface area contributed by atoms with Crippen molar-refractivity contribution in [3.8, 4) is 0 Å². The third kappa shape index (κ3) is 4.69. The zero-order valence-corrected chi connectivity index (χ0v) is 15.7. The number of hydrogen-bond acceptors (Lipinski definition) is 5. The fraction of sp³-hybridized carbons (Fsp3) is 0.737. The van der Waals surface area contributed by atoms with Gasteiger partial charge in [-0.05, 0) is 32.6 Å². The van der Waals surface area contributed by atoms with E-state index in [1.54, 1.807) is 0 Å². The zero-order chi connectivity index (χ0) is 17.8. The first-order valence-electron chi connectivity index (χ1n) is 9.53. The van der Waals surface area contributed by atoms with Crippen LogP contribution in [0.5, 0.6) is 0 Å². The lowest BCUT2D eigenvalue weighted by atomic mass is 10.2. The van der Waals surface area contributed by atoms with E-state index in [0.717, 1.165) is 62.7 Å². The fourth-order valence-corrected chi connectivity index (χ4v) is 3.50. The first-order chi connectivity index (χ1) is 12.0. The predicted octanol–water partition coefficient (Wildman–Crippen LogP) is 2.52. The van der Waals surface area contributed by atoms with Crippen molar-refractivity contribution >= 4 is 11.7 Å². The van der Waals surface area contributed by atoms with Crippen molar-refractivity contribution in [1.29, 1.82) is 0 Å². The van der Waals surface area contributed by atoms with E-state index in [0.29, 0.717) is 13.1 Å². The molecule has 2 saturated heterocycles. The van der Waals surface area contributed by atoms with Crippen LogP contribution in [-0.2, 0) is 9.53 Å². The van der Waals surface area contributed by atoms with Crippen LogP contribution in [0, 0.1) is 6.92 Å². The molecule has 1 unspecified atom stereocenters. The number of carbonyl (C=O) groups is 1. The van der Waals surface area contributed by atoms with E-state index >= 15 is 0 Å². The maximum absolute atomic E-state index is 12.7. The Balaban J connectivity index is 1.80. The summed E-state index contributed by atoms with van der Waals surface area (Å²) in [6, 6.07) is 1.98. The zero-order valence-electron chi connectivity index (χ0n) is 15.7. The summed E-state index contributed by atoms with van der Waals surface area (Å²) in [5.41, 5.74) is 0.944. The van der Waals surface area contributed by atoms with Gasteiger partial charge in [-0.2, -0.15) is 0 Å². The lowest BCUT2D eigenvalue weighted by Gasteiger charge is -2.28. The molecule has 25 heavy (non-hydrogen) atoms. The van der Waals surface area contributed by atoms with Crippen LogP contribution in [0.1, 0.15) is 57.0 Å². The topological polar surface area (TPSA) is 58.6 Å². The molecule has 6 nitrogen and oxygen atoms in total. The van der Waals surface area contributed by atoms with Gasteiger partial charge >= 0.3 is 0 Å². The minimum Gasteiger partial charge on any atom is -0.376 e. The summed E-state index contributed by atoms with van der Waals surface area (Å²) in [5.74, 6) is 2.13. The average molecular weight is 346 g/mol. The minimum atomic E-state index is 0.184. The van der Waals surface area contributed by atoms with Gasteiger partial charge in [-0.1, -0.05) is 13.8 Å². The van der Waals surface area contributed by atoms with E-state index in [4.69, 9.17) is 9.72 Å². The molecule has 0 N–H and O–H groups in total. The second-order valence-corrected chi connectivity index (χ2v) is 7.48. The molecule has 0 aliphatic carbocycles. The Hall–Kier alpha value is -1.69. The Kier molecular flexibility index (Phi) is 5.89. The molecular weight excluding hydrogens is 316 g/mol. The van der Waals surface area contributed by atoms with Gasteiger partial charge in [0, 0.05) is 43.9 Å². The average Bonchev–Trinajstić information content (AvgIpc) is 3.27. The lowest BCUT2D eigenvalue weighted by Crippen LogP contribution is -2.42. The van der Waals surface area contributed by atoms with Crippen LogP contribution in [0.25, 0.3) is 0 Å². The Labute approximate surface area is 150 Å². The number of ether oxygens (including phenoxy) is 1. The molecular formula is C19H30N4O2. The summed E-state index contributed by atoms with van der Waals surface area (Å²) in [5, 5.41) is 0. The van der Waals surface area contributed by atoms with Crippen molar-refractivity contribution in [2.45, 2.75) is 58.5 Å². The molecule has 3 rings (SSSR count).